The summed E-state index contributed by atoms with van der Waals surface area (Å²) in [5.41, 5.74) is 2.28. The van der Waals surface area contributed by atoms with Crippen LogP contribution >= 0.6 is 23.1 Å². The Morgan fingerprint density at radius 1 is 1.30 bits per heavy atom. The smallest absolute Gasteiger partial charge is 0.263 e. The van der Waals surface area contributed by atoms with E-state index in [1.54, 1.807) is 15.9 Å². The monoisotopic (exact) mass is 483 g/mol. The van der Waals surface area contributed by atoms with E-state index in [9.17, 15) is 9.59 Å². The maximum atomic E-state index is 13.7. The first-order valence-electron chi connectivity index (χ1n) is 11.7. The van der Waals surface area contributed by atoms with E-state index in [4.69, 9.17) is 9.72 Å². The van der Waals surface area contributed by atoms with Crippen molar-refractivity contribution in [3.63, 3.8) is 0 Å². The number of thiophene rings is 1. The van der Waals surface area contributed by atoms with Gasteiger partial charge >= 0.3 is 0 Å². The van der Waals surface area contributed by atoms with Crippen molar-refractivity contribution in [3.05, 3.63) is 56.7 Å². The molecule has 3 heterocycles. The Kier molecular flexibility index (Phi) is 6.85. The van der Waals surface area contributed by atoms with Gasteiger partial charge < -0.3 is 10.1 Å². The molecule has 0 spiro atoms. The number of hydrogen-bond donors (Lipinski definition) is 1. The average Bonchev–Trinajstić information content (AvgIpc) is 3.46. The van der Waals surface area contributed by atoms with Gasteiger partial charge in [-0.05, 0) is 49.1 Å². The van der Waals surface area contributed by atoms with Crippen molar-refractivity contribution in [2.24, 2.45) is 5.92 Å². The van der Waals surface area contributed by atoms with E-state index in [1.807, 2.05) is 30.3 Å². The second kappa shape index (κ2) is 9.99. The van der Waals surface area contributed by atoms with Crippen molar-refractivity contribution in [1.29, 1.82) is 0 Å². The van der Waals surface area contributed by atoms with Gasteiger partial charge in [-0.25, -0.2) is 4.98 Å². The third kappa shape index (κ3) is 5.03. The highest BCUT2D eigenvalue weighted by Gasteiger charge is 2.26. The summed E-state index contributed by atoms with van der Waals surface area (Å²) >= 11 is 3.00. The number of benzene rings is 1. The van der Waals surface area contributed by atoms with Gasteiger partial charge in [-0.1, -0.05) is 49.0 Å². The molecule has 5 rings (SSSR count). The van der Waals surface area contributed by atoms with Crippen LogP contribution < -0.4 is 10.9 Å². The lowest BCUT2D eigenvalue weighted by molar-refractivity contribution is -0.118. The summed E-state index contributed by atoms with van der Waals surface area (Å²) in [6, 6.07) is 9.85. The molecule has 1 N–H and O–H groups in total. The quantitative estimate of drug-likeness (QED) is 0.403. The van der Waals surface area contributed by atoms with Gasteiger partial charge in [-0.2, -0.15) is 0 Å². The van der Waals surface area contributed by atoms with Crippen LogP contribution in [0.3, 0.4) is 0 Å². The maximum Gasteiger partial charge on any atom is 0.263 e. The average molecular weight is 484 g/mol. The number of aromatic nitrogens is 2. The molecule has 3 aromatic rings. The van der Waals surface area contributed by atoms with Crippen molar-refractivity contribution in [1.82, 2.24) is 14.9 Å². The van der Waals surface area contributed by atoms with Crippen molar-refractivity contribution in [2.45, 2.75) is 63.4 Å². The first-order chi connectivity index (χ1) is 16.1. The third-order valence-electron chi connectivity index (χ3n) is 6.46. The largest absolute Gasteiger partial charge is 0.376 e. The fourth-order valence-electron chi connectivity index (χ4n) is 4.65. The number of amides is 1. The molecule has 1 saturated heterocycles. The number of thioether (sulfide) groups is 1. The summed E-state index contributed by atoms with van der Waals surface area (Å²) in [6.45, 7) is 4.00. The van der Waals surface area contributed by atoms with Crippen LogP contribution in [0, 0.1) is 5.92 Å². The number of nitrogens with zero attached hydrogens (tertiary/aromatic N) is 2. The minimum absolute atomic E-state index is 0.0229. The van der Waals surface area contributed by atoms with Crippen LogP contribution in [-0.4, -0.2) is 33.9 Å². The molecule has 0 radical (unpaired) electrons. The zero-order chi connectivity index (χ0) is 22.8. The second-order valence-corrected chi connectivity index (χ2v) is 11.1. The Labute approximate surface area is 201 Å². The van der Waals surface area contributed by atoms with Gasteiger partial charge in [0.25, 0.3) is 5.56 Å². The van der Waals surface area contributed by atoms with Crippen molar-refractivity contribution in [3.8, 4) is 0 Å². The van der Waals surface area contributed by atoms with Gasteiger partial charge in [0.05, 0.1) is 23.8 Å². The first kappa shape index (κ1) is 22.6. The van der Waals surface area contributed by atoms with E-state index in [0.29, 0.717) is 24.2 Å². The van der Waals surface area contributed by atoms with Gasteiger partial charge in [0, 0.05) is 18.0 Å². The van der Waals surface area contributed by atoms with Crippen molar-refractivity contribution in [2.75, 3.05) is 12.4 Å². The van der Waals surface area contributed by atoms with Gasteiger partial charge in [-0.3, -0.25) is 14.2 Å². The molecule has 174 valence electrons. The summed E-state index contributed by atoms with van der Waals surface area (Å²) in [5.74, 6) is 0.793. The molecule has 33 heavy (non-hydrogen) atoms. The zero-order valence-corrected chi connectivity index (χ0v) is 20.5. The van der Waals surface area contributed by atoms with Gasteiger partial charge in [-0.15, -0.1) is 11.3 Å². The van der Waals surface area contributed by atoms with E-state index < -0.39 is 0 Å². The van der Waals surface area contributed by atoms with Crippen LogP contribution in [-0.2, 0) is 35.5 Å². The van der Waals surface area contributed by atoms with E-state index in [-0.39, 0.29) is 23.3 Å². The molecule has 1 aliphatic heterocycles. The molecule has 2 unspecified atom stereocenters. The SMILES string of the molecule is CC1CCc2c(sc3nc(SCC(=O)NCc4ccccc4)n(CC4CCCO4)c(=O)c23)C1. The molecule has 1 aliphatic carbocycles. The molecular formula is C25H29N3O3S2. The standard InChI is InChI=1S/C25H29N3O3S2/c1-16-9-10-19-20(12-16)33-23-22(19)24(30)28(14-18-8-5-11-31-18)25(27-23)32-15-21(29)26-13-17-6-3-2-4-7-17/h2-4,6-7,16,18H,5,8-15H2,1H3,(H,26,29). The molecule has 2 aromatic heterocycles. The van der Waals surface area contributed by atoms with E-state index in [2.05, 4.69) is 12.2 Å². The van der Waals surface area contributed by atoms with E-state index in [0.717, 1.165) is 54.5 Å². The Hall–Kier alpha value is -2.16. The van der Waals surface area contributed by atoms with Crippen LogP contribution in [0.1, 0.15) is 42.2 Å². The molecule has 0 saturated carbocycles. The van der Waals surface area contributed by atoms with E-state index >= 15 is 0 Å². The van der Waals surface area contributed by atoms with E-state index in [1.165, 1.54) is 22.2 Å². The molecule has 2 atom stereocenters. The zero-order valence-electron chi connectivity index (χ0n) is 18.8. The van der Waals surface area contributed by atoms with Crippen LogP contribution in [0.2, 0.25) is 0 Å². The number of nitrogens with one attached hydrogen (secondary N) is 1. The molecule has 1 fully saturated rings. The predicted molar refractivity (Wildman–Crippen MR) is 133 cm³/mol. The Morgan fingerprint density at radius 3 is 2.94 bits per heavy atom. The van der Waals surface area contributed by atoms with Crippen LogP contribution in [0.25, 0.3) is 10.2 Å². The first-order valence-corrected chi connectivity index (χ1v) is 13.5. The molecule has 0 bridgehead atoms. The summed E-state index contributed by atoms with van der Waals surface area (Å²) in [7, 11) is 0. The number of carbonyl (C=O) groups is 1. The molecule has 8 heteroatoms. The highest BCUT2D eigenvalue weighted by molar-refractivity contribution is 7.99. The van der Waals surface area contributed by atoms with Crippen molar-refractivity contribution < 1.29 is 9.53 Å². The predicted octanol–water partition coefficient (Wildman–Crippen LogP) is 4.17. The number of carbonyl (C=O) groups excluding carboxylic acids is 1. The minimum atomic E-state index is -0.0684. The Bertz CT molecular complexity index is 1200. The Morgan fingerprint density at radius 2 is 2.15 bits per heavy atom. The van der Waals surface area contributed by atoms with Crippen LogP contribution in [0.4, 0.5) is 0 Å². The fourth-order valence-corrected chi connectivity index (χ4v) is 6.91. The van der Waals surface area contributed by atoms with Crippen LogP contribution in [0.15, 0.2) is 40.3 Å². The highest BCUT2D eigenvalue weighted by Crippen LogP contribution is 2.36. The third-order valence-corrected chi connectivity index (χ3v) is 8.58. The lowest BCUT2D eigenvalue weighted by Crippen LogP contribution is -2.30. The molecule has 1 amide bonds. The normalized spacial score (nSPS) is 20.2. The van der Waals surface area contributed by atoms with Gasteiger partial charge in [0.1, 0.15) is 4.83 Å². The lowest BCUT2D eigenvalue weighted by atomic mass is 9.89. The van der Waals surface area contributed by atoms with Gasteiger partial charge in [0.15, 0.2) is 5.16 Å². The summed E-state index contributed by atoms with van der Waals surface area (Å²) < 4.78 is 7.59. The number of rotatable bonds is 7. The van der Waals surface area contributed by atoms with Gasteiger partial charge in [0.2, 0.25) is 5.91 Å². The summed E-state index contributed by atoms with van der Waals surface area (Å²) in [6.07, 6.45) is 5.08. The maximum absolute atomic E-state index is 13.7. The molecule has 1 aromatic carbocycles. The highest BCUT2D eigenvalue weighted by atomic mass is 32.2. The Balaban J connectivity index is 1.39. The molecular weight excluding hydrogens is 454 g/mol. The summed E-state index contributed by atoms with van der Waals surface area (Å²) in [4.78, 5) is 33.2. The molecule has 6 nitrogen and oxygen atoms in total. The number of aryl methyl sites for hydroxylation is 1. The summed E-state index contributed by atoms with van der Waals surface area (Å²) in [5, 5.41) is 4.37. The number of fused-ring (bicyclic) bond motifs is 3. The topological polar surface area (TPSA) is 73.2 Å². The lowest BCUT2D eigenvalue weighted by Gasteiger charge is -2.18. The van der Waals surface area contributed by atoms with Crippen molar-refractivity contribution >= 4 is 39.2 Å². The minimum Gasteiger partial charge on any atom is -0.376 e. The number of hydrogen-bond acceptors (Lipinski definition) is 6. The fraction of sp³-hybridized carbons (Fsp3) is 0.480. The number of ether oxygens (including phenoxy) is 1. The second-order valence-electron chi connectivity index (χ2n) is 9.03. The molecule has 2 aliphatic rings. The van der Waals surface area contributed by atoms with Crippen LogP contribution in [0.5, 0.6) is 0 Å².